The number of carbonyl (C=O) groups is 1. The number of benzene rings is 2. The summed E-state index contributed by atoms with van der Waals surface area (Å²) in [5.74, 6) is 1.11. The smallest absolute Gasteiger partial charge is 0.258 e. The molecule has 1 unspecified atom stereocenters. The summed E-state index contributed by atoms with van der Waals surface area (Å²) in [5.41, 5.74) is 3.59. The van der Waals surface area contributed by atoms with Crippen LogP contribution in [0.3, 0.4) is 0 Å². The Morgan fingerprint density at radius 2 is 1.61 bits per heavy atom. The number of amides is 1. The van der Waals surface area contributed by atoms with Crippen molar-refractivity contribution in [2.24, 2.45) is 0 Å². The van der Waals surface area contributed by atoms with Crippen molar-refractivity contribution >= 4 is 5.91 Å². The van der Waals surface area contributed by atoms with Crippen LogP contribution in [-0.4, -0.2) is 55.0 Å². The van der Waals surface area contributed by atoms with E-state index in [-0.39, 0.29) is 12.5 Å². The van der Waals surface area contributed by atoms with Gasteiger partial charge >= 0.3 is 0 Å². The Morgan fingerprint density at radius 3 is 2.29 bits per heavy atom. The van der Waals surface area contributed by atoms with Crippen molar-refractivity contribution < 1.29 is 9.53 Å². The molecule has 31 heavy (non-hydrogen) atoms. The molecule has 0 aliphatic carbocycles. The summed E-state index contributed by atoms with van der Waals surface area (Å²) in [5, 5.41) is 2.96. The summed E-state index contributed by atoms with van der Waals surface area (Å²) in [4.78, 5) is 17.3. The molecule has 2 aromatic carbocycles. The topological polar surface area (TPSA) is 44.8 Å². The fourth-order valence-corrected chi connectivity index (χ4v) is 3.92. The van der Waals surface area contributed by atoms with Gasteiger partial charge in [-0.3, -0.25) is 9.69 Å². The molecule has 1 aliphatic heterocycles. The highest BCUT2D eigenvalue weighted by molar-refractivity contribution is 5.77. The van der Waals surface area contributed by atoms with Gasteiger partial charge in [0.2, 0.25) is 0 Å². The molecule has 5 nitrogen and oxygen atoms in total. The molecule has 0 radical (unpaired) electrons. The SMILES string of the molecule is CCC(C)c1ccccc1OCC(=O)NCc1ccc(CN2CCN(CC)CC2)cc1. The molecule has 1 amide bonds. The minimum atomic E-state index is -0.100. The van der Waals surface area contributed by atoms with Gasteiger partial charge in [-0.05, 0) is 41.6 Å². The van der Waals surface area contributed by atoms with E-state index >= 15 is 0 Å². The van der Waals surface area contributed by atoms with Gasteiger partial charge in [-0.2, -0.15) is 0 Å². The number of carbonyl (C=O) groups excluding carboxylic acids is 1. The molecule has 0 spiro atoms. The van der Waals surface area contributed by atoms with Crippen LogP contribution < -0.4 is 10.1 Å². The zero-order chi connectivity index (χ0) is 22.1. The Morgan fingerprint density at radius 1 is 0.968 bits per heavy atom. The van der Waals surface area contributed by atoms with Gasteiger partial charge in [0, 0.05) is 39.3 Å². The number of likely N-dealkylation sites (N-methyl/N-ethyl adjacent to an activating group) is 1. The van der Waals surface area contributed by atoms with Gasteiger partial charge in [0.25, 0.3) is 5.91 Å². The first-order valence-electron chi connectivity index (χ1n) is 11.6. The van der Waals surface area contributed by atoms with Gasteiger partial charge < -0.3 is 15.0 Å². The van der Waals surface area contributed by atoms with Crippen molar-refractivity contribution in [2.75, 3.05) is 39.3 Å². The Bertz CT molecular complexity index is 814. The zero-order valence-corrected chi connectivity index (χ0v) is 19.3. The molecule has 168 valence electrons. The van der Waals surface area contributed by atoms with Crippen LogP contribution in [-0.2, 0) is 17.9 Å². The summed E-state index contributed by atoms with van der Waals surface area (Å²) in [6.07, 6.45) is 1.04. The highest BCUT2D eigenvalue weighted by Gasteiger charge is 2.15. The van der Waals surface area contributed by atoms with E-state index in [4.69, 9.17) is 4.74 Å². The fraction of sp³-hybridized carbons (Fsp3) is 0.500. The number of rotatable bonds is 10. The van der Waals surface area contributed by atoms with Crippen molar-refractivity contribution in [1.29, 1.82) is 0 Å². The van der Waals surface area contributed by atoms with E-state index in [0.29, 0.717) is 12.5 Å². The third-order valence-corrected chi connectivity index (χ3v) is 6.25. The molecule has 1 saturated heterocycles. The van der Waals surface area contributed by atoms with E-state index in [1.54, 1.807) is 0 Å². The lowest BCUT2D eigenvalue weighted by Crippen LogP contribution is -2.45. The van der Waals surface area contributed by atoms with Crippen LogP contribution in [0.5, 0.6) is 5.75 Å². The Balaban J connectivity index is 1.42. The van der Waals surface area contributed by atoms with Crippen LogP contribution in [0, 0.1) is 0 Å². The van der Waals surface area contributed by atoms with E-state index < -0.39 is 0 Å². The van der Waals surface area contributed by atoms with Crippen LogP contribution in [0.25, 0.3) is 0 Å². The Kier molecular flexibility index (Phi) is 8.92. The minimum Gasteiger partial charge on any atom is -0.483 e. The van der Waals surface area contributed by atoms with Crippen LogP contribution in [0.4, 0.5) is 0 Å². The van der Waals surface area contributed by atoms with Gasteiger partial charge in [-0.15, -0.1) is 0 Å². The van der Waals surface area contributed by atoms with Gasteiger partial charge in [0.15, 0.2) is 6.61 Å². The van der Waals surface area contributed by atoms with E-state index in [1.165, 1.54) is 5.56 Å². The van der Waals surface area contributed by atoms with Crippen molar-refractivity contribution in [3.63, 3.8) is 0 Å². The minimum absolute atomic E-state index is 0.0370. The molecular weight excluding hydrogens is 386 g/mol. The number of nitrogens with one attached hydrogen (secondary N) is 1. The molecule has 0 aromatic heterocycles. The third kappa shape index (κ3) is 7.08. The number of piperazine rings is 1. The van der Waals surface area contributed by atoms with Crippen molar-refractivity contribution in [3.8, 4) is 5.75 Å². The monoisotopic (exact) mass is 423 g/mol. The second-order valence-corrected chi connectivity index (χ2v) is 8.44. The number of ether oxygens (including phenoxy) is 1. The maximum atomic E-state index is 12.3. The van der Waals surface area contributed by atoms with E-state index in [0.717, 1.165) is 62.6 Å². The predicted octanol–water partition coefficient (Wildman–Crippen LogP) is 4.03. The van der Waals surface area contributed by atoms with Crippen molar-refractivity contribution in [1.82, 2.24) is 15.1 Å². The number of hydrogen-bond donors (Lipinski definition) is 1. The van der Waals surface area contributed by atoms with E-state index in [9.17, 15) is 4.79 Å². The third-order valence-electron chi connectivity index (χ3n) is 6.25. The molecule has 1 fully saturated rings. The Hall–Kier alpha value is -2.37. The zero-order valence-electron chi connectivity index (χ0n) is 19.3. The standard InChI is InChI=1S/C26H37N3O2/c1-4-21(3)24-8-6-7-9-25(24)31-20-26(30)27-18-22-10-12-23(13-11-22)19-29-16-14-28(5-2)15-17-29/h6-13,21H,4-5,14-20H2,1-3H3,(H,27,30). The summed E-state index contributed by atoms with van der Waals surface area (Å²) in [6, 6.07) is 16.5. The predicted molar refractivity (Wildman–Crippen MR) is 126 cm³/mol. The van der Waals surface area contributed by atoms with Gasteiger partial charge in [-0.25, -0.2) is 0 Å². The summed E-state index contributed by atoms with van der Waals surface area (Å²) >= 11 is 0. The molecule has 1 atom stereocenters. The number of nitrogens with zero attached hydrogens (tertiary/aromatic N) is 2. The molecule has 1 N–H and O–H groups in total. The maximum Gasteiger partial charge on any atom is 0.258 e. The van der Waals surface area contributed by atoms with Crippen LogP contribution >= 0.6 is 0 Å². The molecule has 0 saturated carbocycles. The molecule has 1 aliphatic rings. The lowest BCUT2D eigenvalue weighted by Gasteiger charge is -2.34. The second kappa shape index (κ2) is 11.9. The molecular formula is C26H37N3O2. The quantitative estimate of drug-likeness (QED) is 0.627. The first-order chi connectivity index (χ1) is 15.1. The van der Waals surface area contributed by atoms with Crippen LogP contribution in [0.15, 0.2) is 48.5 Å². The van der Waals surface area contributed by atoms with Gasteiger partial charge in [-0.1, -0.05) is 63.2 Å². The first kappa shape index (κ1) is 23.3. The lowest BCUT2D eigenvalue weighted by atomic mass is 9.98. The average Bonchev–Trinajstić information content (AvgIpc) is 2.82. The molecule has 3 rings (SSSR count). The molecule has 2 aromatic rings. The van der Waals surface area contributed by atoms with Gasteiger partial charge in [0.05, 0.1) is 0 Å². The first-order valence-corrected chi connectivity index (χ1v) is 11.6. The number of hydrogen-bond acceptors (Lipinski definition) is 4. The second-order valence-electron chi connectivity index (χ2n) is 8.44. The van der Waals surface area contributed by atoms with Crippen LogP contribution in [0.2, 0.25) is 0 Å². The summed E-state index contributed by atoms with van der Waals surface area (Å²) in [6.45, 7) is 13.8. The molecule has 5 heteroatoms. The maximum absolute atomic E-state index is 12.3. The largest absolute Gasteiger partial charge is 0.483 e. The van der Waals surface area contributed by atoms with E-state index in [2.05, 4.69) is 66.2 Å². The highest BCUT2D eigenvalue weighted by Crippen LogP contribution is 2.28. The average molecular weight is 424 g/mol. The van der Waals surface area contributed by atoms with Crippen LogP contribution in [0.1, 0.15) is 49.8 Å². The van der Waals surface area contributed by atoms with Gasteiger partial charge in [0.1, 0.15) is 5.75 Å². The Labute approximate surface area is 187 Å². The van der Waals surface area contributed by atoms with E-state index in [1.807, 2.05) is 18.2 Å². The number of para-hydroxylation sites is 1. The fourth-order valence-electron chi connectivity index (χ4n) is 3.92. The highest BCUT2D eigenvalue weighted by atomic mass is 16.5. The lowest BCUT2D eigenvalue weighted by molar-refractivity contribution is -0.123. The molecule has 1 heterocycles. The van der Waals surface area contributed by atoms with Crippen molar-refractivity contribution in [3.05, 3.63) is 65.2 Å². The molecule has 0 bridgehead atoms. The van der Waals surface area contributed by atoms with Crippen molar-refractivity contribution in [2.45, 2.75) is 46.2 Å². The summed E-state index contributed by atoms with van der Waals surface area (Å²) < 4.78 is 5.81. The summed E-state index contributed by atoms with van der Waals surface area (Å²) in [7, 11) is 0. The normalized spacial score (nSPS) is 16.1.